The summed E-state index contributed by atoms with van der Waals surface area (Å²) in [5.74, 6) is 0.0310. The van der Waals surface area contributed by atoms with Crippen molar-refractivity contribution in [3.63, 3.8) is 0 Å². The number of amides is 1. The normalized spacial score (nSPS) is 16.4. The van der Waals surface area contributed by atoms with Crippen molar-refractivity contribution in [2.75, 3.05) is 20.2 Å². The van der Waals surface area contributed by atoms with Crippen molar-refractivity contribution in [2.24, 2.45) is 7.05 Å². The number of piperidine rings is 1. The number of nitrogens with zero attached hydrogens (tertiary/aromatic N) is 2. The van der Waals surface area contributed by atoms with Crippen molar-refractivity contribution in [3.8, 4) is 0 Å². The summed E-state index contributed by atoms with van der Waals surface area (Å²) in [4.78, 5) is 24.7. The minimum absolute atomic E-state index is 0.266. The first-order valence-electron chi connectivity index (χ1n) is 7.02. The molecule has 1 saturated heterocycles. The summed E-state index contributed by atoms with van der Waals surface area (Å²) in [5, 5.41) is 0. The lowest BCUT2D eigenvalue weighted by atomic mass is 9.89. The first-order valence-corrected chi connectivity index (χ1v) is 7.02. The van der Waals surface area contributed by atoms with E-state index in [1.807, 2.05) is 18.2 Å². The van der Waals surface area contributed by atoms with E-state index in [-0.39, 0.29) is 11.8 Å². The number of likely N-dealkylation sites (tertiary alicyclic amines) is 1. The fourth-order valence-electron chi connectivity index (χ4n) is 2.93. The molecule has 0 aliphatic carbocycles. The average Bonchev–Trinajstić information content (AvgIpc) is 2.81. The van der Waals surface area contributed by atoms with Crippen LogP contribution in [0.15, 0.2) is 27.4 Å². The van der Waals surface area contributed by atoms with Gasteiger partial charge in [-0.25, -0.2) is 9.59 Å². The Bertz CT molecular complexity index is 723. The average molecular weight is 290 g/mol. The van der Waals surface area contributed by atoms with Gasteiger partial charge in [0, 0.05) is 20.1 Å². The summed E-state index contributed by atoms with van der Waals surface area (Å²) < 4.78 is 11.5. The molecule has 1 fully saturated rings. The minimum Gasteiger partial charge on any atom is -0.453 e. The molecule has 1 aromatic carbocycles. The monoisotopic (exact) mass is 290 g/mol. The molecule has 0 N–H and O–H groups in total. The second kappa shape index (κ2) is 5.27. The van der Waals surface area contributed by atoms with Crippen LogP contribution in [0.25, 0.3) is 11.1 Å². The van der Waals surface area contributed by atoms with Crippen LogP contribution >= 0.6 is 0 Å². The highest BCUT2D eigenvalue weighted by Crippen LogP contribution is 2.30. The highest BCUT2D eigenvalue weighted by Gasteiger charge is 2.24. The van der Waals surface area contributed by atoms with Gasteiger partial charge < -0.3 is 14.1 Å². The zero-order chi connectivity index (χ0) is 15.0. The maximum absolute atomic E-state index is 11.5. The lowest BCUT2D eigenvalue weighted by Crippen LogP contribution is -2.37. The summed E-state index contributed by atoms with van der Waals surface area (Å²) in [6.45, 7) is 1.38. The molecule has 2 aromatic rings. The molecule has 1 aliphatic heterocycles. The summed E-state index contributed by atoms with van der Waals surface area (Å²) >= 11 is 0. The first-order chi connectivity index (χ1) is 10.1. The number of methoxy groups -OCH3 is 1. The second-order valence-corrected chi connectivity index (χ2v) is 5.39. The zero-order valence-electron chi connectivity index (χ0n) is 12.2. The van der Waals surface area contributed by atoms with Crippen LogP contribution in [-0.4, -0.2) is 35.8 Å². The Labute approximate surface area is 121 Å². The zero-order valence-corrected chi connectivity index (χ0v) is 12.2. The fraction of sp³-hybridized carbons (Fsp3) is 0.467. The molecular formula is C15H18N2O4. The highest BCUT2D eigenvalue weighted by atomic mass is 16.5. The fourth-order valence-corrected chi connectivity index (χ4v) is 2.93. The van der Waals surface area contributed by atoms with Gasteiger partial charge in [-0.15, -0.1) is 0 Å². The number of oxazole rings is 1. The Hall–Kier alpha value is -2.24. The van der Waals surface area contributed by atoms with E-state index in [0.29, 0.717) is 24.6 Å². The van der Waals surface area contributed by atoms with Gasteiger partial charge in [0.15, 0.2) is 5.58 Å². The number of fused-ring (bicyclic) bond motifs is 1. The van der Waals surface area contributed by atoms with Gasteiger partial charge in [0.1, 0.15) is 0 Å². The van der Waals surface area contributed by atoms with Gasteiger partial charge in [0.25, 0.3) is 0 Å². The lowest BCUT2D eigenvalue weighted by molar-refractivity contribution is 0.112. The van der Waals surface area contributed by atoms with Crippen LogP contribution in [0.2, 0.25) is 0 Å². The quantitative estimate of drug-likeness (QED) is 0.806. The molecule has 0 unspecified atom stereocenters. The third-order valence-electron chi connectivity index (χ3n) is 4.22. The second-order valence-electron chi connectivity index (χ2n) is 5.39. The Morgan fingerprint density at radius 1 is 1.33 bits per heavy atom. The van der Waals surface area contributed by atoms with Crippen LogP contribution in [0, 0.1) is 0 Å². The Kier molecular flexibility index (Phi) is 3.45. The van der Waals surface area contributed by atoms with Gasteiger partial charge in [-0.2, -0.15) is 0 Å². The number of carbonyl (C=O) groups excluding carboxylic acids is 1. The van der Waals surface area contributed by atoms with Crippen LogP contribution in [0.5, 0.6) is 0 Å². The van der Waals surface area contributed by atoms with Crippen LogP contribution in [-0.2, 0) is 11.8 Å². The van der Waals surface area contributed by atoms with Gasteiger partial charge in [-0.05, 0) is 36.5 Å². The molecule has 3 rings (SSSR count). The molecule has 21 heavy (non-hydrogen) atoms. The number of aryl methyl sites for hydroxylation is 1. The van der Waals surface area contributed by atoms with E-state index in [2.05, 4.69) is 0 Å². The molecule has 112 valence electrons. The van der Waals surface area contributed by atoms with Crippen LogP contribution < -0.4 is 5.76 Å². The van der Waals surface area contributed by atoms with Crippen molar-refractivity contribution in [3.05, 3.63) is 34.3 Å². The molecule has 0 radical (unpaired) electrons. The molecule has 6 nitrogen and oxygen atoms in total. The van der Waals surface area contributed by atoms with Gasteiger partial charge >= 0.3 is 11.8 Å². The van der Waals surface area contributed by atoms with Crippen LogP contribution in [0.3, 0.4) is 0 Å². The van der Waals surface area contributed by atoms with Gasteiger partial charge in [-0.1, -0.05) is 6.07 Å². The largest absolute Gasteiger partial charge is 0.453 e. The molecule has 0 spiro atoms. The van der Waals surface area contributed by atoms with Gasteiger partial charge in [0.05, 0.1) is 12.6 Å². The molecule has 0 atom stereocenters. The Morgan fingerprint density at radius 2 is 2.05 bits per heavy atom. The van der Waals surface area contributed by atoms with Crippen molar-refractivity contribution in [2.45, 2.75) is 18.8 Å². The predicted octanol–water partition coefficient (Wildman–Crippen LogP) is 2.08. The minimum atomic E-state index is -0.345. The highest BCUT2D eigenvalue weighted by molar-refractivity contribution is 5.74. The number of hydrogen-bond acceptors (Lipinski definition) is 4. The van der Waals surface area contributed by atoms with E-state index in [4.69, 9.17) is 9.15 Å². The molecule has 2 heterocycles. The predicted molar refractivity (Wildman–Crippen MR) is 77.4 cm³/mol. The van der Waals surface area contributed by atoms with Crippen LogP contribution in [0.1, 0.15) is 24.3 Å². The molecule has 0 bridgehead atoms. The maximum atomic E-state index is 11.5. The number of benzene rings is 1. The molecule has 1 aliphatic rings. The molecular weight excluding hydrogens is 272 g/mol. The van der Waals surface area contributed by atoms with E-state index in [1.165, 1.54) is 11.7 Å². The van der Waals surface area contributed by atoms with E-state index < -0.39 is 0 Å². The van der Waals surface area contributed by atoms with Crippen molar-refractivity contribution in [1.82, 2.24) is 9.47 Å². The number of hydrogen-bond donors (Lipinski definition) is 0. The van der Waals surface area contributed by atoms with Crippen LogP contribution in [0.4, 0.5) is 4.79 Å². The smallest absolute Gasteiger partial charge is 0.419 e. The molecule has 0 saturated carbocycles. The third kappa shape index (κ3) is 2.41. The molecule has 6 heteroatoms. The summed E-state index contributed by atoms with van der Waals surface area (Å²) in [6, 6.07) is 5.90. The van der Waals surface area contributed by atoms with Gasteiger partial charge in [-0.3, -0.25) is 4.57 Å². The number of rotatable bonds is 1. The third-order valence-corrected chi connectivity index (χ3v) is 4.22. The number of ether oxygens (including phenoxy) is 1. The SMILES string of the molecule is COC(=O)N1CCC(c2ccc3c(c2)oc(=O)n3C)CC1. The topological polar surface area (TPSA) is 64.7 Å². The maximum Gasteiger partial charge on any atom is 0.419 e. The summed E-state index contributed by atoms with van der Waals surface area (Å²) in [6.07, 6.45) is 1.51. The van der Waals surface area contributed by atoms with Crippen molar-refractivity contribution >= 4 is 17.2 Å². The first kappa shape index (κ1) is 13.7. The number of carbonyl (C=O) groups is 1. The van der Waals surface area contributed by atoms with E-state index >= 15 is 0 Å². The Morgan fingerprint density at radius 3 is 2.71 bits per heavy atom. The van der Waals surface area contributed by atoms with E-state index in [0.717, 1.165) is 23.9 Å². The van der Waals surface area contributed by atoms with Crippen molar-refractivity contribution < 1.29 is 13.9 Å². The lowest BCUT2D eigenvalue weighted by Gasteiger charge is -2.31. The van der Waals surface area contributed by atoms with Crippen molar-refractivity contribution in [1.29, 1.82) is 0 Å². The summed E-state index contributed by atoms with van der Waals surface area (Å²) in [7, 11) is 3.10. The van der Waals surface area contributed by atoms with E-state index in [9.17, 15) is 9.59 Å². The standard InChI is InChI=1S/C15H18N2O4/c1-16-12-4-3-11(9-13(12)21-14(16)18)10-5-7-17(8-6-10)15(19)20-2/h3-4,9-10H,5-8H2,1-2H3. The molecule has 1 amide bonds. The molecule has 1 aromatic heterocycles. The van der Waals surface area contributed by atoms with Gasteiger partial charge in [0.2, 0.25) is 0 Å². The Balaban J connectivity index is 1.79. The number of aromatic nitrogens is 1. The van der Waals surface area contributed by atoms with E-state index in [1.54, 1.807) is 11.9 Å². The summed E-state index contributed by atoms with van der Waals surface area (Å²) in [5.41, 5.74) is 2.58.